The Balaban J connectivity index is 1.58. The minimum atomic E-state index is -1.02. The number of aromatic nitrogens is 2. The highest BCUT2D eigenvalue weighted by atomic mass is 32.2. The van der Waals surface area contributed by atoms with Crippen LogP contribution in [0.4, 0.5) is 11.5 Å². The van der Waals surface area contributed by atoms with Crippen LogP contribution >= 0.6 is 0 Å². The number of ketones is 1. The molecule has 4 rings (SSSR count). The Morgan fingerprint density at radius 3 is 2.70 bits per heavy atom. The van der Waals surface area contributed by atoms with Crippen molar-refractivity contribution in [2.45, 2.75) is 30.6 Å². The summed E-state index contributed by atoms with van der Waals surface area (Å²) in [7, 11) is 0. The minimum absolute atomic E-state index is 0.330. The van der Waals surface area contributed by atoms with E-state index in [2.05, 4.69) is 15.3 Å². The van der Waals surface area contributed by atoms with E-state index in [0.29, 0.717) is 36.1 Å². The molecule has 1 N–H and O–H groups in total. The summed E-state index contributed by atoms with van der Waals surface area (Å²) in [6.45, 7) is 0. The first-order chi connectivity index (χ1) is 14.6. The van der Waals surface area contributed by atoms with Gasteiger partial charge in [-0.2, -0.15) is 0 Å². The van der Waals surface area contributed by atoms with Gasteiger partial charge in [-0.05, 0) is 78.0 Å². The molecular formula is C23H23N3O3S. The van der Waals surface area contributed by atoms with E-state index in [1.165, 1.54) is 0 Å². The Bertz CT molecular complexity index is 1010. The first-order valence-electron chi connectivity index (χ1n) is 9.86. The lowest BCUT2D eigenvalue weighted by atomic mass is 9.97. The Hall–Kier alpha value is -2.90. The topological polar surface area (TPSA) is 87.2 Å². The number of nitrogens with zero attached hydrogens (tertiary/aromatic N) is 2. The van der Waals surface area contributed by atoms with Gasteiger partial charge in [-0.1, -0.05) is 0 Å². The van der Waals surface area contributed by atoms with Crippen molar-refractivity contribution in [1.82, 2.24) is 9.97 Å². The van der Waals surface area contributed by atoms with Gasteiger partial charge in [0.05, 0.1) is 6.20 Å². The van der Waals surface area contributed by atoms with Crippen molar-refractivity contribution in [3.8, 4) is 11.5 Å². The van der Waals surface area contributed by atoms with E-state index in [9.17, 15) is 9.35 Å². The van der Waals surface area contributed by atoms with Gasteiger partial charge in [0.2, 0.25) is 0 Å². The molecule has 1 fully saturated rings. The van der Waals surface area contributed by atoms with Crippen molar-refractivity contribution >= 4 is 28.5 Å². The number of hydrogen-bond donors (Lipinski definition) is 1. The molecule has 0 amide bonds. The maximum Gasteiger partial charge on any atom is 0.152 e. The number of benzene rings is 2. The van der Waals surface area contributed by atoms with Gasteiger partial charge in [-0.15, -0.1) is 0 Å². The third-order valence-corrected chi connectivity index (χ3v) is 6.07. The van der Waals surface area contributed by atoms with Crippen molar-refractivity contribution in [2.75, 3.05) is 11.6 Å². The van der Waals surface area contributed by atoms with Gasteiger partial charge in [0, 0.05) is 30.9 Å². The summed E-state index contributed by atoms with van der Waals surface area (Å²) in [5, 5.41) is 3.26. The summed E-state index contributed by atoms with van der Waals surface area (Å²) in [4.78, 5) is 20.8. The largest absolute Gasteiger partial charge is 0.612 e. The molecule has 3 aromatic rings. The lowest BCUT2D eigenvalue weighted by Gasteiger charge is -2.16. The number of nitrogens with one attached hydrogen (secondary N) is 1. The van der Waals surface area contributed by atoms with Gasteiger partial charge in [0.1, 0.15) is 29.4 Å². The van der Waals surface area contributed by atoms with Crippen LogP contribution in [0.1, 0.15) is 24.8 Å². The van der Waals surface area contributed by atoms with Gasteiger partial charge in [-0.25, -0.2) is 4.98 Å². The summed E-state index contributed by atoms with van der Waals surface area (Å²) in [6, 6.07) is 13.2. The maximum absolute atomic E-state index is 11.7. The van der Waals surface area contributed by atoms with Crippen LogP contribution < -0.4 is 10.1 Å². The molecule has 0 radical (unpaired) electrons. The number of Topliss-reactive ketones (excluding diaryl/α,β-unsaturated/α-hetero) is 1. The predicted octanol–water partition coefficient (Wildman–Crippen LogP) is 4.66. The Morgan fingerprint density at radius 2 is 2.03 bits per heavy atom. The number of carbonyl (C=O) groups excluding carboxylic acids is 1. The van der Waals surface area contributed by atoms with E-state index in [1.54, 1.807) is 24.8 Å². The van der Waals surface area contributed by atoms with Crippen LogP contribution in [0.25, 0.3) is 0 Å². The van der Waals surface area contributed by atoms with Gasteiger partial charge in [-0.3, -0.25) is 9.78 Å². The summed E-state index contributed by atoms with van der Waals surface area (Å²) in [5.74, 6) is 2.76. The fraction of sp³-hybridized carbons (Fsp3) is 0.261. The highest BCUT2D eigenvalue weighted by Gasteiger charge is 2.23. The average Bonchev–Trinajstić information content (AvgIpc) is 3.16. The average molecular weight is 422 g/mol. The van der Waals surface area contributed by atoms with E-state index in [0.717, 1.165) is 34.7 Å². The van der Waals surface area contributed by atoms with E-state index >= 15 is 0 Å². The summed E-state index contributed by atoms with van der Waals surface area (Å²) in [5.41, 5.74) is 1.92. The van der Waals surface area contributed by atoms with Gasteiger partial charge in [0.25, 0.3) is 0 Å². The normalized spacial score (nSPS) is 17.0. The van der Waals surface area contributed by atoms with Crippen LogP contribution in [-0.4, -0.2) is 26.6 Å². The molecule has 0 spiro atoms. The standard InChI is InChI=1S/C23H23N3O3S/c1-30(28)21-7-5-20(6-8-21)29-22-9-3-18(26-23-15-24-10-11-25-23)14-17(22)12-16-2-4-19(27)13-16/h3,5-11,14-16H,2,4,12-13H2,1H3,(H,25,26). The Kier molecular flexibility index (Phi) is 6.30. The van der Waals surface area contributed by atoms with Crippen molar-refractivity contribution in [3.05, 3.63) is 66.6 Å². The molecule has 0 aliphatic heterocycles. The number of rotatable bonds is 7. The second-order valence-corrected chi connectivity index (χ2v) is 8.80. The van der Waals surface area contributed by atoms with Gasteiger partial charge >= 0.3 is 0 Å². The van der Waals surface area contributed by atoms with Crippen LogP contribution in [-0.2, 0) is 22.4 Å². The van der Waals surface area contributed by atoms with Gasteiger partial charge in [0.15, 0.2) is 4.90 Å². The maximum atomic E-state index is 11.7. The summed E-state index contributed by atoms with van der Waals surface area (Å²) in [6.07, 6.45) is 9.55. The van der Waals surface area contributed by atoms with Crippen LogP contribution in [0.5, 0.6) is 11.5 Å². The number of ether oxygens (including phenoxy) is 1. The molecule has 1 heterocycles. The quantitative estimate of drug-likeness (QED) is 0.558. The summed E-state index contributed by atoms with van der Waals surface area (Å²) >= 11 is -1.02. The molecule has 1 aliphatic carbocycles. The third-order valence-electron chi connectivity index (χ3n) is 5.14. The SMILES string of the molecule is C[S+]([O-])c1ccc(Oc2ccc(Nc3cnccn3)cc2CC2CCC(=O)C2)cc1. The third kappa shape index (κ3) is 5.17. The van der Waals surface area contributed by atoms with Crippen LogP contribution in [0, 0.1) is 5.92 Å². The predicted molar refractivity (Wildman–Crippen MR) is 117 cm³/mol. The van der Waals surface area contributed by atoms with Crippen LogP contribution in [0.2, 0.25) is 0 Å². The van der Waals surface area contributed by atoms with Crippen molar-refractivity contribution in [2.24, 2.45) is 5.92 Å². The van der Waals surface area contributed by atoms with E-state index in [1.807, 2.05) is 42.5 Å². The molecule has 0 bridgehead atoms. The second kappa shape index (κ2) is 9.28. The molecule has 2 atom stereocenters. The van der Waals surface area contributed by atoms with E-state index in [4.69, 9.17) is 4.74 Å². The monoisotopic (exact) mass is 421 g/mol. The first kappa shape index (κ1) is 20.4. The molecule has 1 saturated carbocycles. The minimum Gasteiger partial charge on any atom is -0.612 e. The van der Waals surface area contributed by atoms with Crippen molar-refractivity contribution < 1.29 is 14.1 Å². The van der Waals surface area contributed by atoms with Crippen LogP contribution in [0.15, 0.2) is 66.0 Å². The highest BCUT2D eigenvalue weighted by molar-refractivity contribution is 7.90. The molecular weight excluding hydrogens is 398 g/mol. The van der Waals surface area contributed by atoms with Crippen molar-refractivity contribution in [1.29, 1.82) is 0 Å². The molecule has 7 heteroatoms. The zero-order chi connectivity index (χ0) is 20.9. The smallest absolute Gasteiger partial charge is 0.152 e. The molecule has 6 nitrogen and oxygen atoms in total. The Labute approximate surface area is 178 Å². The fourth-order valence-electron chi connectivity index (χ4n) is 3.63. The fourth-order valence-corrected chi connectivity index (χ4v) is 4.15. The summed E-state index contributed by atoms with van der Waals surface area (Å²) < 4.78 is 17.7. The molecule has 1 aliphatic rings. The first-order valence-corrected chi connectivity index (χ1v) is 11.4. The number of anilines is 2. The molecule has 2 aromatic carbocycles. The lowest BCUT2D eigenvalue weighted by molar-refractivity contribution is -0.117. The van der Waals surface area contributed by atoms with Crippen molar-refractivity contribution in [3.63, 3.8) is 0 Å². The van der Waals surface area contributed by atoms with Gasteiger partial charge < -0.3 is 14.6 Å². The molecule has 0 saturated heterocycles. The lowest BCUT2D eigenvalue weighted by Crippen LogP contribution is -2.04. The number of carbonyl (C=O) groups is 1. The number of hydrogen-bond acceptors (Lipinski definition) is 6. The molecule has 2 unspecified atom stereocenters. The zero-order valence-corrected chi connectivity index (χ0v) is 17.5. The molecule has 30 heavy (non-hydrogen) atoms. The van der Waals surface area contributed by atoms with E-state index < -0.39 is 11.2 Å². The zero-order valence-electron chi connectivity index (χ0n) is 16.7. The van der Waals surface area contributed by atoms with E-state index in [-0.39, 0.29) is 0 Å². The molecule has 1 aromatic heterocycles. The highest BCUT2D eigenvalue weighted by Crippen LogP contribution is 2.34. The van der Waals surface area contributed by atoms with Crippen LogP contribution in [0.3, 0.4) is 0 Å². The molecule has 154 valence electrons. The second-order valence-electron chi connectivity index (χ2n) is 7.42. The Morgan fingerprint density at radius 1 is 1.20 bits per heavy atom.